The van der Waals surface area contributed by atoms with Crippen LogP contribution < -0.4 is 5.73 Å². The van der Waals surface area contributed by atoms with Crippen LogP contribution in [0.25, 0.3) is 0 Å². The summed E-state index contributed by atoms with van der Waals surface area (Å²) in [5.74, 6) is 0.683. The monoisotopic (exact) mass is 269 g/mol. The Balaban J connectivity index is 1.58. The van der Waals surface area contributed by atoms with E-state index in [0.717, 1.165) is 32.5 Å². The van der Waals surface area contributed by atoms with Gasteiger partial charge in [-0.3, -0.25) is 4.99 Å². The van der Waals surface area contributed by atoms with Crippen LogP contribution in [-0.2, 0) is 9.47 Å². The second-order valence-corrected chi connectivity index (χ2v) is 5.35. The Morgan fingerprint density at radius 2 is 2.00 bits per heavy atom. The van der Waals surface area contributed by atoms with Gasteiger partial charge in [-0.15, -0.1) is 0 Å². The highest BCUT2D eigenvalue weighted by Gasteiger charge is 2.15. The number of guanidine groups is 1. The third-order valence-corrected chi connectivity index (χ3v) is 3.77. The summed E-state index contributed by atoms with van der Waals surface area (Å²) < 4.78 is 11.1. The molecule has 2 saturated heterocycles. The quantitative estimate of drug-likeness (QED) is 0.465. The molecule has 19 heavy (non-hydrogen) atoms. The minimum absolute atomic E-state index is 0.298. The van der Waals surface area contributed by atoms with Gasteiger partial charge in [-0.1, -0.05) is 12.8 Å². The third kappa shape index (κ3) is 5.37. The van der Waals surface area contributed by atoms with Crippen molar-refractivity contribution in [3.63, 3.8) is 0 Å². The fraction of sp³-hybridized carbons (Fsp3) is 0.929. The molecule has 0 aromatic carbocycles. The van der Waals surface area contributed by atoms with Crippen LogP contribution in [0, 0.1) is 0 Å². The molecule has 0 bridgehead atoms. The molecule has 1 unspecified atom stereocenters. The van der Waals surface area contributed by atoms with E-state index in [1.54, 1.807) is 0 Å². The average Bonchev–Trinajstić information content (AvgIpc) is 2.78. The highest BCUT2D eigenvalue weighted by Crippen LogP contribution is 2.12. The number of ether oxygens (including phenoxy) is 2. The Morgan fingerprint density at radius 1 is 1.21 bits per heavy atom. The van der Waals surface area contributed by atoms with E-state index in [-0.39, 0.29) is 0 Å². The minimum Gasteiger partial charge on any atom is -0.377 e. The van der Waals surface area contributed by atoms with Crippen molar-refractivity contribution in [1.82, 2.24) is 4.90 Å². The SMILES string of the molecule is NC(=NCCOCC1CCCO1)N1CCCCCC1. The largest absolute Gasteiger partial charge is 0.377 e. The van der Waals surface area contributed by atoms with E-state index in [2.05, 4.69) is 9.89 Å². The minimum atomic E-state index is 0.298. The molecular formula is C14H27N3O2. The number of hydrogen-bond acceptors (Lipinski definition) is 3. The van der Waals surface area contributed by atoms with Gasteiger partial charge in [0, 0.05) is 19.7 Å². The average molecular weight is 269 g/mol. The summed E-state index contributed by atoms with van der Waals surface area (Å²) in [4.78, 5) is 6.61. The first-order valence-electron chi connectivity index (χ1n) is 7.60. The standard InChI is InChI=1S/C14H27N3O2/c15-14(17-8-3-1-2-4-9-17)16-7-11-18-12-13-6-5-10-19-13/h13H,1-12H2,(H2,15,16). The second-order valence-electron chi connectivity index (χ2n) is 5.35. The molecule has 1 atom stereocenters. The molecule has 2 aliphatic heterocycles. The lowest BCUT2D eigenvalue weighted by Gasteiger charge is -2.21. The molecule has 0 amide bonds. The zero-order valence-electron chi connectivity index (χ0n) is 11.9. The molecule has 5 nitrogen and oxygen atoms in total. The van der Waals surface area contributed by atoms with Crippen LogP contribution in [-0.4, -0.2) is 56.4 Å². The Morgan fingerprint density at radius 3 is 2.68 bits per heavy atom. The molecular weight excluding hydrogens is 242 g/mol. The van der Waals surface area contributed by atoms with Gasteiger partial charge in [0.2, 0.25) is 0 Å². The molecule has 0 aromatic heterocycles. The van der Waals surface area contributed by atoms with Gasteiger partial charge >= 0.3 is 0 Å². The molecule has 0 radical (unpaired) electrons. The van der Waals surface area contributed by atoms with Crippen LogP contribution in [0.4, 0.5) is 0 Å². The van der Waals surface area contributed by atoms with Gasteiger partial charge < -0.3 is 20.1 Å². The van der Waals surface area contributed by atoms with Crippen LogP contribution in [0.2, 0.25) is 0 Å². The van der Waals surface area contributed by atoms with Crippen molar-refractivity contribution in [3.05, 3.63) is 0 Å². The normalized spacial score (nSPS) is 25.6. The number of hydrogen-bond donors (Lipinski definition) is 1. The molecule has 0 spiro atoms. The van der Waals surface area contributed by atoms with E-state index in [1.807, 2.05) is 0 Å². The van der Waals surface area contributed by atoms with E-state index in [4.69, 9.17) is 15.2 Å². The highest BCUT2D eigenvalue weighted by atomic mass is 16.5. The van der Waals surface area contributed by atoms with Crippen molar-refractivity contribution in [2.24, 2.45) is 10.7 Å². The Kier molecular flexibility index (Phi) is 6.44. The maximum Gasteiger partial charge on any atom is 0.191 e. The van der Waals surface area contributed by atoms with Gasteiger partial charge in [-0.05, 0) is 25.7 Å². The molecule has 2 N–H and O–H groups in total. The molecule has 5 heteroatoms. The van der Waals surface area contributed by atoms with Gasteiger partial charge in [0.25, 0.3) is 0 Å². The fourth-order valence-corrected chi connectivity index (χ4v) is 2.62. The van der Waals surface area contributed by atoms with E-state index in [1.165, 1.54) is 25.7 Å². The van der Waals surface area contributed by atoms with Gasteiger partial charge in [-0.25, -0.2) is 0 Å². The van der Waals surface area contributed by atoms with Crippen molar-refractivity contribution in [2.45, 2.75) is 44.6 Å². The van der Waals surface area contributed by atoms with Crippen molar-refractivity contribution >= 4 is 5.96 Å². The third-order valence-electron chi connectivity index (χ3n) is 3.77. The van der Waals surface area contributed by atoms with E-state index in [0.29, 0.717) is 31.8 Å². The topological polar surface area (TPSA) is 60.1 Å². The van der Waals surface area contributed by atoms with Gasteiger partial charge in [0.05, 0.1) is 25.9 Å². The number of nitrogens with zero attached hydrogens (tertiary/aromatic N) is 2. The van der Waals surface area contributed by atoms with Gasteiger partial charge in [-0.2, -0.15) is 0 Å². The first-order valence-corrected chi connectivity index (χ1v) is 7.60. The van der Waals surface area contributed by atoms with Crippen LogP contribution in [0.3, 0.4) is 0 Å². The second kappa shape index (κ2) is 8.38. The summed E-state index contributed by atoms with van der Waals surface area (Å²) >= 11 is 0. The zero-order valence-corrected chi connectivity index (χ0v) is 11.9. The van der Waals surface area contributed by atoms with E-state index in [9.17, 15) is 0 Å². The summed E-state index contributed by atoms with van der Waals surface area (Å²) in [5.41, 5.74) is 6.02. The summed E-state index contributed by atoms with van der Waals surface area (Å²) in [6, 6.07) is 0. The number of aliphatic imine (C=N–C) groups is 1. The summed E-state index contributed by atoms with van der Waals surface area (Å²) in [5, 5.41) is 0. The predicted octanol–water partition coefficient (Wildman–Crippen LogP) is 1.37. The van der Waals surface area contributed by atoms with Gasteiger partial charge in [0.1, 0.15) is 0 Å². The first-order chi connectivity index (χ1) is 9.36. The lowest BCUT2D eigenvalue weighted by Crippen LogP contribution is -2.38. The van der Waals surface area contributed by atoms with Gasteiger partial charge in [0.15, 0.2) is 5.96 Å². The van der Waals surface area contributed by atoms with E-state index >= 15 is 0 Å². The summed E-state index contributed by atoms with van der Waals surface area (Å²) in [6.07, 6.45) is 7.67. The Bertz CT molecular complexity index is 270. The first kappa shape index (κ1) is 14.6. The lowest BCUT2D eigenvalue weighted by molar-refractivity contribution is 0.0199. The number of likely N-dealkylation sites (tertiary alicyclic amines) is 1. The number of rotatable bonds is 5. The maximum absolute atomic E-state index is 6.02. The van der Waals surface area contributed by atoms with Crippen LogP contribution in [0.5, 0.6) is 0 Å². The molecule has 110 valence electrons. The Labute approximate surface area is 116 Å². The molecule has 0 saturated carbocycles. The van der Waals surface area contributed by atoms with Crippen molar-refractivity contribution in [3.8, 4) is 0 Å². The molecule has 2 rings (SSSR count). The number of nitrogens with two attached hydrogens (primary N) is 1. The molecule has 2 aliphatic rings. The zero-order chi connectivity index (χ0) is 13.3. The van der Waals surface area contributed by atoms with Crippen LogP contribution in [0.15, 0.2) is 4.99 Å². The molecule has 2 heterocycles. The van der Waals surface area contributed by atoms with Crippen molar-refractivity contribution < 1.29 is 9.47 Å². The molecule has 2 fully saturated rings. The lowest BCUT2D eigenvalue weighted by atomic mass is 10.2. The fourth-order valence-electron chi connectivity index (χ4n) is 2.62. The molecule has 0 aliphatic carbocycles. The van der Waals surface area contributed by atoms with E-state index < -0.39 is 0 Å². The maximum atomic E-state index is 6.02. The molecule has 0 aromatic rings. The van der Waals surface area contributed by atoms with Crippen LogP contribution in [0.1, 0.15) is 38.5 Å². The predicted molar refractivity (Wildman–Crippen MR) is 76.3 cm³/mol. The van der Waals surface area contributed by atoms with Crippen LogP contribution >= 0.6 is 0 Å². The summed E-state index contributed by atoms with van der Waals surface area (Å²) in [6.45, 7) is 4.95. The smallest absolute Gasteiger partial charge is 0.191 e. The highest BCUT2D eigenvalue weighted by molar-refractivity contribution is 5.78. The van der Waals surface area contributed by atoms with Crippen molar-refractivity contribution in [1.29, 1.82) is 0 Å². The summed E-state index contributed by atoms with van der Waals surface area (Å²) in [7, 11) is 0. The Hall–Kier alpha value is -0.810. The van der Waals surface area contributed by atoms with Crippen molar-refractivity contribution in [2.75, 3.05) is 39.5 Å².